The van der Waals surface area contributed by atoms with E-state index in [2.05, 4.69) is 36.1 Å². The summed E-state index contributed by atoms with van der Waals surface area (Å²) in [5, 5.41) is 0. The monoisotopic (exact) mass is 350 g/mol. The zero-order chi connectivity index (χ0) is 10.7. The zero-order valence-corrected chi connectivity index (χ0v) is 12.4. The molecule has 1 fully saturated rings. The van der Waals surface area contributed by atoms with Crippen LogP contribution in [0, 0.1) is 0 Å². The third-order valence-corrected chi connectivity index (χ3v) is 3.14. The maximum absolute atomic E-state index is 4.41. The molecular weight excluding hydrogens is 325 g/mol. The van der Waals surface area contributed by atoms with Crippen LogP contribution in [0.5, 0.6) is 0 Å². The Bertz CT molecular complexity index is 314. The molecule has 0 amide bonds. The predicted octanol–water partition coefficient (Wildman–Crippen LogP) is 2.62. The third kappa shape index (κ3) is 4.79. The smallest absolute Gasteiger partial charge is 0.128 e. The molecule has 1 aromatic heterocycles. The number of rotatable bonds is 1. The van der Waals surface area contributed by atoms with Crippen LogP contribution in [-0.2, 0) is 0 Å². The number of halogens is 1. The van der Waals surface area contributed by atoms with Crippen LogP contribution in [0.3, 0.4) is 0 Å². The van der Waals surface area contributed by atoms with Gasteiger partial charge in [-0.2, -0.15) is 0 Å². The van der Waals surface area contributed by atoms with Crippen molar-refractivity contribution in [2.45, 2.75) is 13.8 Å². The molecule has 2 rings (SSSR count). The van der Waals surface area contributed by atoms with Crippen LogP contribution in [0.25, 0.3) is 0 Å². The quantitative estimate of drug-likeness (QED) is 0.572. The van der Waals surface area contributed by atoms with E-state index in [4.69, 9.17) is 0 Å². The number of anilines is 1. The van der Waals surface area contributed by atoms with Crippen LogP contribution >= 0.6 is 24.0 Å². The molecule has 0 aromatic carbocycles. The normalized spacial score (nSPS) is 18.6. The van der Waals surface area contributed by atoms with E-state index in [0.717, 1.165) is 23.4 Å². The average molecular weight is 350 g/mol. The van der Waals surface area contributed by atoms with Gasteiger partial charge in [0.2, 0.25) is 0 Å². The molecule has 1 aliphatic heterocycles. The molecule has 1 aromatic rings. The van der Waals surface area contributed by atoms with Gasteiger partial charge in [0, 0.05) is 19.2 Å². The first-order valence-electron chi connectivity index (χ1n) is 5.65. The number of pyridine rings is 1. The first-order valence-corrected chi connectivity index (χ1v) is 5.65. The number of hydrogen-bond donors (Lipinski definition) is 0. The summed E-state index contributed by atoms with van der Waals surface area (Å²) < 4.78 is 1.13. The van der Waals surface area contributed by atoms with Crippen molar-refractivity contribution in [1.82, 2.24) is 4.98 Å². The molecule has 0 saturated carbocycles. The van der Waals surface area contributed by atoms with Crippen molar-refractivity contribution < 1.29 is 4.48 Å². The van der Waals surface area contributed by atoms with Crippen molar-refractivity contribution in [3.63, 3.8) is 0 Å². The summed E-state index contributed by atoms with van der Waals surface area (Å²) in [7, 11) is 4.61. The molecule has 0 radical (unpaired) electrons. The van der Waals surface area contributed by atoms with Crippen LogP contribution in [0.4, 0.5) is 5.82 Å². The van der Waals surface area contributed by atoms with Crippen LogP contribution in [0.2, 0.25) is 0 Å². The Labute approximate surface area is 122 Å². The largest absolute Gasteiger partial charge is 0.351 e. The minimum Gasteiger partial charge on any atom is -0.351 e. The molecule has 1 saturated heterocycles. The van der Waals surface area contributed by atoms with Crippen LogP contribution in [0.1, 0.15) is 13.8 Å². The predicted molar refractivity (Wildman–Crippen MR) is 85.1 cm³/mol. The molecule has 2 heterocycles. The molecule has 1 aliphatic rings. The zero-order valence-electron chi connectivity index (χ0n) is 10.1. The Kier molecular flexibility index (Phi) is 7.01. The van der Waals surface area contributed by atoms with E-state index < -0.39 is 0 Å². The first-order chi connectivity index (χ1) is 7.17. The highest BCUT2D eigenvalue weighted by Gasteiger charge is 2.21. The summed E-state index contributed by atoms with van der Waals surface area (Å²) in [5.74, 6) is 1.12. The average Bonchev–Trinajstić information content (AvgIpc) is 2.41. The fourth-order valence-electron chi connectivity index (χ4n) is 2.07. The number of quaternary nitrogens is 1. The second kappa shape index (κ2) is 7.16. The molecule has 0 spiro atoms. The molecule has 0 unspecified atom stereocenters. The maximum Gasteiger partial charge on any atom is 0.128 e. The van der Waals surface area contributed by atoms with Crippen molar-refractivity contribution in [1.29, 1.82) is 0 Å². The second-order valence-electron chi connectivity index (χ2n) is 4.91. The molecule has 4 heteroatoms. The lowest BCUT2D eigenvalue weighted by atomic mass is 10.3. The van der Waals surface area contributed by atoms with Crippen molar-refractivity contribution in [3.05, 3.63) is 24.4 Å². The van der Waals surface area contributed by atoms with Gasteiger partial charge in [-0.1, -0.05) is 13.5 Å². The van der Waals surface area contributed by atoms with Gasteiger partial charge in [0.05, 0.1) is 33.7 Å². The van der Waals surface area contributed by atoms with Gasteiger partial charge in [-0.25, -0.2) is 4.98 Å². The van der Waals surface area contributed by atoms with Gasteiger partial charge >= 0.3 is 0 Å². The van der Waals surface area contributed by atoms with Crippen LogP contribution in [0.15, 0.2) is 24.4 Å². The molecule has 17 heavy (non-hydrogen) atoms. The van der Waals surface area contributed by atoms with Crippen molar-refractivity contribution in [2.24, 2.45) is 0 Å². The van der Waals surface area contributed by atoms with Crippen molar-refractivity contribution in [3.8, 4) is 0 Å². The SMILES string of the molecule is C.C[N+]1(C)CCCN(c2ccccn2)CC1.I. The summed E-state index contributed by atoms with van der Waals surface area (Å²) >= 11 is 0. The van der Waals surface area contributed by atoms with Gasteiger partial charge in [0.1, 0.15) is 5.82 Å². The van der Waals surface area contributed by atoms with E-state index >= 15 is 0 Å². The summed E-state index contributed by atoms with van der Waals surface area (Å²) in [6.45, 7) is 4.72. The van der Waals surface area contributed by atoms with E-state index in [1.54, 1.807) is 0 Å². The Morgan fingerprint density at radius 2 is 1.94 bits per heavy atom. The highest BCUT2D eigenvalue weighted by Crippen LogP contribution is 2.14. The molecular formula is C13H25IN3+. The Morgan fingerprint density at radius 3 is 2.59 bits per heavy atom. The molecule has 0 bridgehead atoms. The summed E-state index contributed by atoms with van der Waals surface area (Å²) in [5.41, 5.74) is 0. The van der Waals surface area contributed by atoms with E-state index in [-0.39, 0.29) is 31.4 Å². The first kappa shape index (κ1) is 16.6. The van der Waals surface area contributed by atoms with Crippen LogP contribution in [-0.4, -0.2) is 49.7 Å². The van der Waals surface area contributed by atoms with Crippen molar-refractivity contribution in [2.75, 3.05) is 45.2 Å². The van der Waals surface area contributed by atoms with Gasteiger partial charge < -0.3 is 9.38 Å². The highest BCUT2D eigenvalue weighted by molar-refractivity contribution is 14.0. The van der Waals surface area contributed by atoms with Gasteiger partial charge in [0.25, 0.3) is 0 Å². The lowest BCUT2D eigenvalue weighted by Gasteiger charge is -2.28. The molecule has 98 valence electrons. The second-order valence-corrected chi connectivity index (χ2v) is 4.91. The van der Waals surface area contributed by atoms with Gasteiger partial charge in [-0.15, -0.1) is 24.0 Å². The molecule has 0 aliphatic carbocycles. The van der Waals surface area contributed by atoms with E-state index in [1.165, 1.54) is 19.5 Å². The minimum absolute atomic E-state index is 0. The van der Waals surface area contributed by atoms with Gasteiger partial charge in [-0.05, 0) is 12.1 Å². The van der Waals surface area contributed by atoms with Crippen molar-refractivity contribution >= 4 is 29.8 Å². The summed E-state index contributed by atoms with van der Waals surface area (Å²) in [6, 6.07) is 6.14. The number of hydrogen-bond acceptors (Lipinski definition) is 2. The number of aromatic nitrogens is 1. The fourth-order valence-corrected chi connectivity index (χ4v) is 2.07. The Morgan fingerprint density at radius 1 is 1.18 bits per heavy atom. The molecule has 0 atom stereocenters. The van der Waals surface area contributed by atoms with E-state index in [0.29, 0.717) is 0 Å². The lowest BCUT2D eigenvalue weighted by Crippen LogP contribution is -2.42. The number of likely N-dealkylation sites (N-methyl/N-ethyl adjacent to an activating group) is 1. The minimum atomic E-state index is 0. The van der Waals surface area contributed by atoms with Crippen LogP contribution < -0.4 is 4.90 Å². The van der Waals surface area contributed by atoms with E-state index in [9.17, 15) is 0 Å². The Hall–Kier alpha value is -0.360. The molecule has 0 N–H and O–H groups in total. The lowest BCUT2D eigenvalue weighted by molar-refractivity contribution is -0.887. The summed E-state index contributed by atoms with van der Waals surface area (Å²) in [4.78, 5) is 6.81. The Balaban J connectivity index is 0.00000128. The summed E-state index contributed by atoms with van der Waals surface area (Å²) in [6.07, 6.45) is 3.13. The standard InChI is InChI=1S/C12H20N3.CH4.HI/c1-15(2)10-5-8-14(9-11-15)12-6-3-4-7-13-12;;/h3-4,6-7H,5,8-11H2,1-2H3;1H4;1H/q+1;;. The molecule has 3 nitrogen and oxygen atoms in total. The highest BCUT2D eigenvalue weighted by atomic mass is 127. The maximum atomic E-state index is 4.41. The number of nitrogens with zero attached hydrogens (tertiary/aromatic N) is 3. The fraction of sp³-hybridized carbons (Fsp3) is 0.615. The van der Waals surface area contributed by atoms with E-state index in [1.807, 2.05) is 12.3 Å². The van der Waals surface area contributed by atoms with Gasteiger partial charge in [-0.3, -0.25) is 0 Å². The topological polar surface area (TPSA) is 16.1 Å². The third-order valence-electron chi connectivity index (χ3n) is 3.14. The van der Waals surface area contributed by atoms with Gasteiger partial charge in [0.15, 0.2) is 0 Å².